The number of carbonyl (C=O) groups excluding carboxylic acids is 2. The van der Waals surface area contributed by atoms with Gasteiger partial charge in [-0.25, -0.2) is 4.79 Å². The van der Waals surface area contributed by atoms with E-state index in [2.05, 4.69) is 0 Å². The lowest BCUT2D eigenvalue weighted by atomic mass is 10.1. The van der Waals surface area contributed by atoms with Gasteiger partial charge in [0, 0.05) is 6.54 Å². The van der Waals surface area contributed by atoms with E-state index in [0.29, 0.717) is 19.4 Å². The van der Waals surface area contributed by atoms with Crippen LogP contribution in [0.25, 0.3) is 0 Å². The monoisotopic (exact) mass is 192 g/mol. The number of rotatable bonds is 4. The predicted octanol–water partition coefficient (Wildman–Crippen LogP) is 0.766. The molecule has 14 heavy (non-hydrogen) atoms. The SMILES string of the molecule is NC(=O)N(C=O)CCc1ccccc1. The second-order valence-electron chi connectivity index (χ2n) is 2.87. The standard InChI is InChI=1S/C10H12N2O2/c11-10(14)12(8-13)7-6-9-4-2-1-3-5-9/h1-5,8H,6-7H2,(H2,11,14). The van der Waals surface area contributed by atoms with Crippen molar-refractivity contribution in [3.05, 3.63) is 35.9 Å². The number of nitrogens with zero attached hydrogens (tertiary/aromatic N) is 1. The van der Waals surface area contributed by atoms with Crippen LogP contribution in [0.4, 0.5) is 4.79 Å². The van der Waals surface area contributed by atoms with Crippen molar-refractivity contribution >= 4 is 12.4 Å². The van der Waals surface area contributed by atoms with Crippen LogP contribution in [0.15, 0.2) is 30.3 Å². The highest BCUT2D eigenvalue weighted by molar-refractivity contribution is 5.83. The van der Waals surface area contributed by atoms with E-state index < -0.39 is 6.03 Å². The summed E-state index contributed by atoms with van der Waals surface area (Å²) in [7, 11) is 0. The van der Waals surface area contributed by atoms with Gasteiger partial charge in [-0.1, -0.05) is 30.3 Å². The lowest BCUT2D eigenvalue weighted by Crippen LogP contribution is -2.35. The van der Waals surface area contributed by atoms with E-state index in [4.69, 9.17) is 5.73 Å². The second-order valence-corrected chi connectivity index (χ2v) is 2.87. The van der Waals surface area contributed by atoms with Gasteiger partial charge in [0.2, 0.25) is 6.41 Å². The molecule has 1 aromatic carbocycles. The van der Waals surface area contributed by atoms with Crippen LogP contribution in [-0.4, -0.2) is 23.9 Å². The molecule has 0 fully saturated rings. The van der Waals surface area contributed by atoms with E-state index in [1.54, 1.807) is 0 Å². The highest BCUT2D eigenvalue weighted by Gasteiger charge is 2.06. The van der Waals surface area contributed by atoms with Crippen LogP contribution in [0.3, 0.4) is 0 Å². The van der Waals surface area contributed by atoms with Gasteiger partial charge in [0.15, 0.2) is 0 Å². The molecule has 0 aliphatic heterocycles. The second kappa shape index (κ2) is 5.01. The zero-order valence-corrected chi connectivity index (χ0v) is 7.72. The van der Waals surface area contributed by atoms with Crippen LogP contribution in [0.2, 0.25) is 0 Å². The number of hydrogen-bond donors (Lipinski definition) is 1. The summed E-state index contributed by atoms with van der Waals surface area (Å²) in [5.74, 6) is 0. The largest absolute Gasteiger partial charge is 0.351 e. The van der Waals surface area contributed by atoms with Crippen LogP contribution in [-0.2, 0) is 11.2 Å². The van der Waals surface area contributed by atoms with E-state index in [0.717, 1.165) is 10.5 Å². The molecule has 0 saturated carbocycles. The van der Waals surface area contributed by atoms with Gasteiger partial charge >= 0.3 is 6.03 Å². The Morgan fingerprint density at radius 3 is 2.50 bits per heavy atom. The van der Waals surface area contributed by atoms with Crippen molar-refractivity contribution in [1.29, 1.82) is 0 Å². The lowest BCUT2D eigenvalue weighted by molar-refractivity contribution is -0.115. The number of imide groups is 1. The number of carbonyl (C=O) groups is 2. The van der Waals surface area contributed by atoms with E-state index in [1.807, 2.05) is 30.3 Å². The predicted molar refractivity (Wildman–Crippen MR) is 52.5 cm³/mol. The van der Waals surface area contributed by atoms with Crippen LogP contribution >= 0.6 is 0 Å². The van der Waals surface area contributed by atoms with E-state index in [-0.39, 0.29) is 0 Å². The lowest BCUT2D eigenvalue weighted by Gasteiger charge is -2.11. The molecule has 0 aliphatic carbocycles. The zero-order valence-electron chi connectivity index (χ0n) is 7.72. The number of primary amides is 1. The van der Waals surface area contributed by atoms with Crippen molar-refractivity contribution in [2.45, 2.75) is 6.42 Å². The third-order valence-corrected chi connectivity index (χ3v) is 1.89. The number of hydrogen-bond acceptors (Lipinski definition) is 2. The fraction of sp³-hybridized carbons (Fsp3) is 0.200. The van der Waals surface area contributed by atoms with E-state index >= 15 is 0 Å². The number of nitrogens with two attached hydrogens (primary N) is 1. The topological polar surface area (TPSA) is 63.4 Å². The summed E-state index contributed by atoms with van der Waals surface area (Å²) >= 11 is 0. The molecule has 0 heterocycles. The Labute approximate surface area is 82.3 Å². The molecule has 4 nitrogen and oxygen atoms in total. The van der Waals surface area contributed by atoms with Gasteiger partial charge in [-0.2, -0.15) is 0 Å². The van der Waals surface area contributed by atoms with Crippen molar-refractivity contribution in [3.63, 3.8) is 0 Å². The zero-order chi connectivity index (χ0) is 10.4. The van der Waals surface area contributed by atoms with Gasteiger partial charge in [-0.05, 0) is 12.0 Å². The fourth-order valence-corrected chi connectivity index (χ4v) is 1.11. The molecule has 0 spiro atoms. The van der Waals surface area contributed by atoms with Gasteiger partial charge in [-0.15, -0.1) is 0 Å². The minimum absolute atomic E-state index is 0.322. The Morgan fingerprint density at radius 1 is 1.36 bits per heavy atom. The van der Waals surface area contributed by atoms with Gasteiger partial charge in [0.05, 0.1) is 0 Å². The summed E-state index contributed by atoms with van der Waals surface area (Å²) in [6.07, 6.45) is 1.08. The third kappa shape index (κ3) is 2.90. The Hall–Kier alpha value is -1.84. The summed E-state index contributed by atoms with van der Waals surface area (Å²) < 4.78 is 0. The molecule has 0 aromatic heterocycles. The Balaban J connectivity index is 2.47. The number of amides is 3. The van der Waals surface area contributed by atoms with E-state index in [1.165, 1.54) is 0 Å². The van der Waals surface area contributed by atoms with Gasteiger partial charge in [-0.3, -0.25) is 9.69 Å². The summed E-state index contributed by atoms with van der Waals surface area (Å²) in [5, 5.41) is 0. The Bertz CT molecular complexity index is 311. The molecular formula is C10H12N2O2. The summed E-state index contributed by atoms with van der Waals surface area (Å²) in [6, 6.07) is 8.88. The molecule has 0 bridgehead atoms. The molecule has 0 unspecified atom stereocenters. The number of urea groups is 1. The molecule has 4 heteroatoms. The van der Waals surface area contributed by atoms with Crippen molar-refractivity contribution < 1.29 is 9.59 Å². The van der Waals surface area contributed by atoms with E-state index in [9.17, 15) is 9.59 Å². The fourth-order valence-electron chi connectivity index (χ4n) is 1.11. The minimum atomic E-state index is -0.712. The average molecular weight is 192 g/mol. The Kier molecular flexibility index (Phi) is 3.67. The molecule has 0 radical (unpaired) electrons. The molecule has 1 rings (SSSR count). The normalized spacial score (nSPS) is 9.43. The summed E-state index contributed by atoms with van der Waals surface area (Å²) in [4.78, 5) is 22.0. The minimum Gasteiger partial charge on any atom is -0.351 e. The molecule has 3 amide bonds. The molecule has 2 N–H and O–H groups in total. The summed E-state index contributed by atoms with van der Waals surface area (Å²) in [6.45, 7) is 0.322. The van der Waals surface area contributed by atoms with Crippen molar-refractivity contribution in [2.24, 2.45) is 5.73 Å². The van der Waals surface area contributed by atoms with Crippen LogP contribution in [0, 0.1) is 0 Å². The van der Waals surface area contributed by atoms with Crippen LogP contribution in [0.1, 0.15) is 5.56 Å². The van der Waals surface area contributed by atoms with Gasteiger partial charge in [0.25, 0.3) is 0 Å². The van der Waals surface area contributed by atoms with Gasteiger partial charge in [0.1, 0.15) is 0 Å². The summed E-state index contributed by atoms with van der Waals surface area (Å²) in [5.41, 5.74) is 6.04. The maximum atomic E-state index is 10.7. The average Bonchev–Trinajstić information content (AvgIpc) is 2.20. The maximum absolute atomic E-state index is 10.7. The third-order valence-electron chi connectivity index (χ3n) is 1.89. The first-order chi connectivity index (χ1) is 6.74. The first kappa shape index (κ1) is 10.2. The molecule has 0 atom stereocenters. The maximum Gasteiger partial charge on any atom is 0.321 e. The van der Waals surface area contributed by atoms with Crippen molar-refractivity contribution in [2.75, 3.05) is 6.54 Å². The first-order valence-electron chi connectivity index (χ1n) is 4.29. The molecule has 1 aromatic rings. The van der Waals surface area contributed by atoms with Gasteiger partial charge < -0.3 is 5.73 Å². The smallest absolute Gasteiger partial charge is 0.321 e. The molecule has 0 saturated heterocycles. The van der Waals surface area contributed by atoms with Crippen molar-refractivity contribution in [1.82, 2.24) is 4.90 Å². The highest BCUT2D eigenvalue weighted by atomic mass is 16.2. The number of benzene rings is 1. The first-order valence-corrected chi connectivity index (χ1v) is 4.29. The van der Waals surface area contributed by atoms with Crippen molar-refractivity contribution in [3.8, 4) is 0 Å². The molecule has 74 valence electrons. The molecule has 0 aliphatic rings. The molecular weight excluding hydrogens is 180 g/mol. The quantitative estimate of drug-likeness (QED) is 0.716. The highest BCUT2D eigenvalue weighted by Crippen LogP contribution is 2.00. The van der Waals surface area contributed by atoms with Crippen LogP contribution < -0.4 is 5.73 Å². The van der Waals surface area contributed by atoms with Crippen LogP contribution in [0.5, 0.6) is 0 Å². The Morgan fingerprint density at radius 2 is 2.00 bits per heavy atom.